The van der Waals surface area contributed by atoms with E-state index in [1.807, 2.05) is 0 Å². The lowest BCUT2D eigenvalue weighted by molar-refractivity contribution is -0.142. The molecular formula is C11H14F3N3O2. The summed E-state index contributed by atoms with van der Waals surface area (Å²) in [6, 6.07) is 0.789. The Hall–Kier alpha value is -1.86. The third-order valence-corrected chi connectivity index (χ3v) is 2.46. The van der Waals surface area contributed by atoms with E-state index in [1.54, 1.807) is 6.92 Å². The van der Waals surface area contributed by atoms with Crippen LogP contribution in [0.1, 0.15) is 25.5 Å². The SMILES string of the molecule is CC(CCCNc1nccc(C(F)(F)F)n1)C(=O)O. The first-order valence-corrected chi connectivity index (χ1v) is 5.67. The number of aliphatic carboxylic acids is 1. The predicted molar refractivity (Wildman–Crippen MR) is 61.6 cm³/mol. The van der Waals surface area contributed by atoms with Crippen LogP contribution in [0.25, 0.3) is 0 Å². The zero-order valence-electron chi connectivity index (χ0n) is 10.2. The maximum atomic E-state index is 12.4. The molecule has 1 rings (SSSR count). The average molecular weight is 277 g/mol. The van der Waals surface area contributed by atoms with Gasteiger partial charge in [0.2, 0.25) is 5.95 Å². The van der Waals surface area contributed by atoms with Gasteiger partial charge in [0.15, 0.2) is 0 Å². The van der Waals surface area contributed by atoms with Crippen LogP contribution in [-0.2, 0) is 11.0 Å². The minimum atomic E-state index is -4.50. The first kappa shape index (κ1) is 15.2. The maximum Gasteiger partial charge on any atom is 0.433 e. The van der Waals surface area contributed by atoms with Crippen LogP contribution in [0.3, 0.4) is 0 Å². The predicted octanol–water partition coefficient (Wildman–Crippen LogP) is 2.41. The molecule has 1 aromatic rings. The summed E-state index contributed by atoms with van der Waals surface area (Å²) in [6.07, 6.45) is -2.54. The molecule has 0 aliphatic heterocycles. The van der Waals surface area contributed by atoms with Crippen molar-refractivity contribution < 1.29 is 23.1 Å². The molecule has 8 heteroatoms. The molecule has 0 fully saturated rings. The van der Waals surface area contributed by atoms with Crippen molar-refractivity contribution in [1.29, 1.82) is 0 Å². The van der Waals surface area contributed by atoms with E-state index in [2.05, 4.69) is 15.3 Å². The van der Waals surface area contributed by atoms with Crippen molar-refractivity contribution >= 4 is 11.9 Å². The molecule has 1 aromatic heterocycles. The minimum absolute atomic E-state index is 0.113. The number of carboxylic acid groups (broad SMARTS) is 1. The number of anilines is 1. The van der Waals surface area contributed by atoms with Gasteiger partial charge in [-0.15, -0.1) is 0 Å². The van der Waals surface area contributed by atoms with Gasteiger partial charge in [-0.2, -0.15) is 13.2 Å². The molecule has 1 unspecified atom stereocenters. The van der Waals surface area contributed by atoms with Crippen LogP contribution in [0, 0.1) is 5.92 Å². The number of aromatic nitrogens is 2. The van der Waals surface area contributed by atoms with E-state index in [1.165, 1.54) is 0 Å². The summed E-state index contributed by atoms with van der Waals surface area (Å²) in [6.45, 7) is 1.89. The molecule has 0 aliphatic rings. The largest absolute Gasteiger partial charge is 0.481 e. The van der Waals surface area contributed by atoms with Gasteiger partial charge in [-0.25, -0.2) is 9.97 Å². The molecule has 5 nitrogen and oxygen atoms in total. The molecule has 19 heavy (non-hydrogen) atoms. The molecule has 2 N–H and O–H groups in total. The molecule has 106 valence electrons. The van der Waals surface area contributed by atoms with Gasteiger partial charge >= 0.3 is 12.1 Å². The molecule has 0 radical (unpaired) electrons. The third-order valence-electron chi connectivity index (χ3n) is 2.46. The van der Waals surface area contributed by atoms with Crippen molar-refractivity contribution in [3.8, 4) is 0 Å². The highest BCUT2D eigenvalue weighted by Gasteiger charge is 2.32. The molecule has 0 spiro atoms. The van der Waals surface area contributed by atoms with Crippen molar-refractivity contribution in [2.24, 2.45) is 5.92 Å². The molecule has 0 aromatic carbocycles. The number of hydrogen-bond donors (Lipinski definition) is 2. The number of alkyl halides is 3. The number of carbonyl (C=O) groups is 1. The normalized spacial score (nSPS) is 13.1. The van der Waals surface area contributed by atoms with Gasteiger partial charge in [0, 0.05) is 12.7 Å². The van der Waals surface area contributed by atoms with Crippen LogP contribution in [0.15, 0.2) is 12.3 Å². The summed E-state index contributed by atoms with van der Waals surface area (Å²) in [7, 11) is 0. The number of carboxylic acids is 1. The minimum Gasteiger partial charge on any atom is -0.481 e. The molecule has 0 saturated heterocycles. The maximum absolute atomic E-state index is 12.4. The number of rotatable bonds is 6. The number of nitrogens with zero attached hydrogens (tertiary/aromatic N) is 2. The van der Waals surface area contributed by atoms with Gasteiger partial charge in [-0.3, -0.25) is 4.79 Å². The molecule has 1 heterocycles. The van der Waals surface area contributed by atoms with E-state index >= 15 is 0 Å². The van der Waals surface area contributed by atoms with E-state index in [0.717, 1.165) is 12.3 Å². The smallest absolute Gasteiger partial charge is 0.433 e. The highest BCUT2D eigenvalue weighted by atomic mass is 19.4. The zero-order valence-corrected chi connectivity index (χ0v) is 10.2. The second kappa shape index (κ2) is 6.35. The summed E-state index contributed by atoms with van der Waals surface area (Å²) in [4.78, 5) is 17.5. The Bertz CT molecular complexity index is 437. The summed E-state index contributed by atoms with van der Waals surface area (Å²) in [5, 5.41) is 11.3. The van der Waals surface area contributed by atoms with Crippen molar-refractivity contribution in [1.82, 2.24) is 9.97 Å². The molecule has 0 aliphatic carbocycles. The first-order chi connectivity index (χ1) is 8.80. The zero-order chi connectivity index (χ0) is 14.5. The molecular weight excluding hydrogens is 263 g/mol. The summed E-state index contributed by atoms with van der Waals surface area (Å²) in [5.74, 6) is -1.49. The van der Waals surface area contributed by atoms with Gasteiger partial charge in [-0.05, 0) is 18.9 Å². The van der Waals surface area contributed by atoms with Crippen LogP contribution in [0.4, 0.5) is 19.1 Å². The van der Waals surface area contributed by atoms with Crippen LogP contribution in [0.5, 0.6) is 0 Å². The lowest BCUT2D eigenvalue weighted by atomic mass is 10.1. The fourth-order valence-electron chi connectivity index (χ4n) is 1.33. The standard InChI is InChI=1S/C11H14F3N3O2/c1-7(9(18)19)3-2-5-15-10-16-6-4-8(17-10)11(12,13)14/h4,6-7H,2-3,5H2,1H3,(H,18,19)(H,15,16,17). The summed E-state index contributed by atoms with van der Waals surface area (Å²) in [5.41, 5.74) is -1.01. The van der Waals surface area contributed by atoms with Gasteiger partial charge in [0.25, 0.3) is 0 Å². The number of nitrogens with one attached hydrogen (secondary N) is 1. The van der Waals surface area contributed by atoms with Gasteiger partial charge in [0.05, 0.1) is 5.92 Å². The van der Waals surface area contributed by atoms with E-state index in [9.17, 15) is 18.0 Å². The van der Waals surface area contributed by atoms with E-state index in [4.69, 9.17) is 5.11 Å². The van der Waals surface area contributed by atoms with Crippen molar-refractivity contribution in [2.75, 3.05) is 11.9 Å². The average Bonchev–Trinajstić information content (AvgIpc) is 2.33. The lowest BCUT2D eigenvalue weighted by Crippen LogP contribution is -2.14. The van der Waals surface area contributed by atoms with Crippen molar-refractivity contribution in [2.45, 2.75) is 25.9 Å². The molecule has 0 saturated carbocycles. The Morgan fingerprint density at radius 2 is 2.21 bits per heavy atom. The van der Waals surface area contributed by atoms with Gasteiger partial charge in [-0.1, -0.05) is 6.92 Å². The molecule has 0 bridgehead atoms. The van der Waals surface area contributed by atoms with E-state index < -0.39 is 23.8 Å². The van der Waals surface area contributed by atoms with Crippen molar-refractivity contribution in [3.63, 3.8) is 0 Å². The monoisotopic (exact) mass is 277 g/mol. The number of hydrogen-bond acceptors (Lipinski definition) is 4. The fraction of sp³-hybridized carbons (Fsp3) is 0.545. The molecule has 1 atom stereocenters. The van der Waals surface area contributed by atoms with E-state index in [0.29, 0.717) is 19.4 Å². The Kier molecular flexibility index (Phi) is 5.08. The van der Waals surface area contributed by atoms with E-state index in [-0.39, 0.29) is 5.95 Å². The molecule has 0 amide bonds. The summed E-state index contributed by atoms with van der Waals surface area (Å²) < 4.78 is 37.1. The Morgan fingerprint density at radius 3 is 2.79 bits per heavy atom. The first-order valence-electron chi connectivity index (χ1n) is 5.67. The topological polar surface area (TPSA) is 75.1 Å². The number of halogens is 3. The van der Waals surface area contributed by atoms with Crippen LogP contribution in [0.2, 0.25) is 0 Å². The van der Waals surface area contributed by atoms with Gasteiger partial charge < -0.3 is 10.4 Å². The Labute approximate surface area is 107 Å². The van der Waals surface area contributed by atoms with Crippen molar-refractivity contribution in [3.05, 3.63) is 18.0 Å². The second-order valence-electron chi connectivity index (χ2n) is 4.07. The summed E-state index contributed by atoms with van der Waals surface area (Å²) >= 11 is 0. The second-order valence-corrected chi connectivity index (χ2v) is 4.07. The quantitative estimate of drug-likeness (QED) is 0.781. The van der Waals surface area contributed by atoms with Gasteiger partial charge in [0.1, 0.15) is 5.69 Å². The highest BCUT2D eigenvalue weighted by molar-refractivity contribution is 5.69. The lowest BCUT2D eigenvalue weighted by Gasteiger charge is -2.09. The highest BCUT2D eigenvalue weighted by Crippen LogP contribution is 2.27. The van der Waals surface area contributed by atoms with Crippen LogP contribution in [-0.4, -0.2) is 27.6 Å². The fourth-order valence-corrected chi connectivity index (χ4v) is 1.33. The Morgan fingerprint density at radius 1 is 1.53 bits per heavy atom. The van der Waals surface area contributed by atoms with Crippen LogP contribution >= 0.6 is 0 Å². The third kappa shape index (κ3) is 5.11. The Balaban J connectivity index is 2.44. The van der Waals surface area contributed by atoms with Crippen LogP contribution < -0.4 is 5.32 Å².